The SMILES string of the molecule is CC(=O)N[C@@H]1[C@@H](O)[C@@H](O)[C@@H](CO)O[C@H]1n1cc(C(C)(C)C)nn1. The Hall–Kier alpha value is -1.55. The van der Waals surface area contributed by atoms with E-state index in [1.54, 1.807) is 6.20 Å². The highest BCUT2D eigenvalue weighted by atomic mass is 16.5. The van der Waals surface area contributed by atoms with Crippen molar-refractivity contribution in [1.82, 2.24) is 20.3 Å². The molecule has 0 spiro atoms. The molecule has 1 aromatic heterocycles. The summed E-state index contributed by atoms with van der Waals surface area (Å²) in [6, 6.07) is -0.917. The average molecular weight is 328 g/mol. The molecular weight excluding hydrogens is 304 g/mol. The minimum atomic E-state index is -1.32. The fourth-order valence-corrected chi connectivity index (χ4v) is 2.46. The van der Waals surface area contributed by atoms with Crippen LogP contribution < -0.4 is 5.32 Å². The lowest BCUT2D eigenvalue weighted by molar-refractivity contribution is -0.219. The van der Waals surface area contributed by atoms with Gasteiger partial charge in [-0.15, -0.1) is 5.10 Å². The summed E-state index contributed by atoms with van der Waals surface area (Å²) < 4.78 is 7.02. The standard InChI is InChI=1S/C14H24N4O5/c1-7(20)15-10-12(22)11(21)8(6-19)23-13(10)18-5-9(16-17-18)14(2,3)4/h5,8,10-13,19,21-22H,6H2,1-4H3,(H,15,20)/t8-,10-,11+,12-,13-/m1/s1. The summed E-state index contributed by atoms with van der Waals surface area (Å²) in [4.78, 5) is 11.4. The van der Waals surface area contributed by atoms with Gasteiger partial charge in [0.05, 0.1) is 18.5 Å². The van der Waals surface area contributed by atoms with E-state index in [0.29, 0.717) is 5.69 Å². The predicted octanol–water partition coefficient (Wildman–Crippen LogP) is -1.31. The zero-order valence-corrected chi connectivity index (χ0v) is 13.7. The number of hydrogen-bond acceptors (Lipinski definition) is 7. The first-order chi connectivity index (χ1) is 10.6. The van der Waals surface area contributed by atoms with E-state index in [-0.39, 0.29) is 11.3 Å². The maximum atomic E-state index is 11.4. The molecule has 0 radical (unpaired) electrons. The topological polar surface area (TPSA) is 130 Å². The molecular formula is C14H24N4O5. The zero-order valence-electron chi connectivity index (χ0n) is 13.7. The van der Waals surface area contributed by atoms with Crippen LogP contribution in [0.4, 0.5) is 0 Å². The number of hydrogen-bond donors (Lipinski definition) is 4. The average Bonchev–Trinajstić information content (AvgIpc) is 2.93. The largest absolute Gasteiger partial charge is 0.394 e. The van der Waals surface area contributed by atoms with Gasteiger partial charge < -0.3 is 25.4 Å². The highest BCUT2D eigenvalue weighted by molar-refractivity contribution is 5.73. The number of nitrogens with zero attached hydrogens (tertiary/aromatic N) is 3. The van der Waals surface area contributed by atoms with Crippen LogP contribution in [0.2, 0.25) is 0 Å². The van der Waals surface area contributed by atoms with E-state index in [1.165, 1.54) is 11.6 Å². The molecule has 1 fully saturated rings. The van der Waals surface area contributed by atoms with E-state index in [2.05, 4.69) is 15.6 Å². The number of carbonyl (C=O) groups is 1. The van der Waals surface area contributed by atoms with Gasteiger partial charge in [0.25, 0.3) is 0 Å². The molecule has 9 nitrogen and oxygen atoms in total. The second-order valence-corrected chi connectivity index (χ2v) is 6.79. The van der Waals surface area contributed by atoms with E-state index < -0.39 is 37.2 Å². The maximum absolute atomic E-state index is 11.4. The molecule has 0 aromatic carbocycles. The third-order valence-corrected chi connectivity index (χ3v) is 3.81. The number of ether oxygens (including phenoxy) is 1. The van der Waals surface area contributed by atoms with E-state index in [1.807, 2.05) is 20.8 Å². The molecule has 1 aliphatic heterocycles. The summed E-state index contributed by atoms with van der Waals surface area (Å²) in [6.45, 7) is 6.76. The third kappa shape index (κ3) is 3.69. The summed E-state index contributed by atoms with van der Waals surface area (Å²) in [6.07, 6.45) is -2.84. The molecule has 23 heavy (non-hydrogen) atoms. The van der Waals surface area contributed by atoms with Gasteiger partial charge in [-0.3, -0.25) is 4.79 Å². The Morgan fingerprint density at radius 1 is 1.39 bits per heavy atom. The van der Waals surface area contributed by atoms with Crippen LogP contribution in [0.1, 0.15) is 39.6 Å². The number of rotatable bonds is 3. The van der Waals surface area contributed by atoms with Gasteiger partial charge >= 0.3 is 0 Å². The van der Waals surface area contributed by atoms with Crippen LogP contribution in [0, 0.1) is 0 Å². The van der Waals surface area contributed by atoms with Crippen molar-refractivity contribution in [2.75, 3.05) is 6.61 Å². The number of aliphatic hydroxyl groups is 3. The van der Waals surface area contributed by atoms with Crippen molar-refractivity contribution in [2.24, 2.45) is 0 Å². The number of carbonyl (C=O) groups excluding carboxylic acids is 1. The fourth-order valence-electron chi connectivity index (χ4n) is 2.46. The lowest BCUT2D eigenvalue weighted by Gasteiger charge is -2.42. The predicted molar refractivity (Wildman–Crippen MR) is 79.3 cm³/mol. The molecule has 9 heteroatoms. The first-order valence-corrected chi connectivity index (χ1v) is 7.47. The second kappa shape index (κ2) is 6.52. The van der Waals surface area contributed by atoms with Gasteiger partial charge in [0.2, 0.25) is 5.91 Å². The van der Waals surface area contributed by atoms with Gasteiger partial charge in [0.15, 0.2) is 6.23 Å². The Bertz CT molecular complexity index is 556. The first kappa shape index (κ1) is 17.8. The molecule has 0 unspecified atom stereocenters. The summed E-state index contributed by atoms with van der Waals surface area (Å²) in [5.74, 6) is -0.381. The Morgan fingerprint density at radius 3 is 2.52 bits per heavy atom. The fraction of sp³-hybridized carbons (Fsp3) is 0.786. The van der Waals surface area contributed by atoms with Gasteiger partial charge in [0, 0.05) is 12.3 Å². The van der Waals surface area contributed by atoms with Crippen LogP contribution in [-0.4, -0.2) is 67.2 Å². The molecule has 4 N–H and O–H groups in total. The first-order valence-electron chi connectivity index (χ1n) is 7.47. The van der Waals surface area contributed by atoms with Crippen LogP contribution in [-0.2, 0) is 14.9 Å². The Labute approximate surface area is 134 Å². The summed E-state index contributed by atoms with van der Waals surface area (Å²) in [7, 11) is 0. The minimum absolute atomic E-state index is 0.231. The van der Waals surface area contributed by atoms with Crippen molar-refractivity contribution >= 4 is 5.91 Å². The Kier molecular flexibility index (Phi) is 5.04. The van der Waals surface area contributed by atoms with Crippen molar-refractivity contribution in [1.29, 1.82) is 0 Å². The van der Waals surface area contributed by atoms with Crippen molar-refractivity contribution < 1.29 is 24.9 Å². The van der Waals surface area contributed by atoms with Gasteiger partial charge in [-0.05, 0) is 0 Å². The zero-order chi connectivity index (χ0) is 17.4. The van der Waals surface area contributed by atoms with Crippen LogP contribution in [0.25, 0.3) is 0 Å². The molecule has 130 valence electrons. The number of aliphatic hydroxyl groups excluding tert-OH is 3. The molecule has 0 bridgehead atoms. The summed E-state index contributed by atoms with van der Waals surface area (Å²) >= 11 is 0. The molecule has 1 amide bonds. The Morgan fingerprint density at radius 2 is 2.04 bits per heavy atom. The smallest absolute Gasteiger partial charge is 0.217 e. The molecule has 0 saturated carbocycles. The van der Waals surface area contributed by atoms with Gasteiger partial charge in [-0.1, -0.05) is 26.0 Å². The third-order valence-electron chi connectivity index (χ3n) is 3.81. The number of nitrogens with one attached hydrogen (secondary N) is 1. The summed E-state index contributed by atoms with van der Waals surface area (Å²) in [5.41, 5.74) is 0.481. The van der Waals surface area contributed by atoms with Crippen LogP contribution in [0.15, 0.2) is 6.20 Å². The van der Waals surface area contributed by atoms with E-state index in [0.717, 1.165) is 0 Å². The highest BCUT2D eigenvalue weighted by Crippen LogP contribution is 2.29. The van der Waals surface area contributed by atoms with E-state index in [4.69, 9.17) is 4.74 Å². The molecule has 1 aliphatic rings. The molecule has 2 heterocycles. The van der Waals surface area contributed by atoms with Crippen LogP contribution in [0.5, 0.6) is 0 Å². The summed E-state index contributed by atoms with van der Waals surface area (Å²) in [5, 5.41) is 40.2. The second-order valence-electron chi connectivity index (χ2n) is 6.79. The normalized spacial score (nSPS) is 31.9. The minimum Gasteiger partial charge on any atom is -0.394 e. The van der Waals surface area contributed by atoms with Crippen LogP contribution in [0.3, 0.4) is 0 Å². The van der Waals surface area contributed by atoms with E-state index >= 15 is 0 Å². The van der Waals surface area contributed by atoms with Crippen molar-refractivity contribution in [3.8, 4) is 0 Å². The molecule has 5 atom stereocenters. The van der Waals surface area contributed by atoms with E-state index in [9.17, 15) is 20.1 Å². The lowest BCUT2D eigenvalue weighted by Crippen LogP contribution is -2.62. The molecule has 1 saturated heterocycles. The Balaban J connectivity index is 2.34. The lowest BCUT2D eigenvalue weighted by atomic mass is 9.93. The van der Waals surface area contributed by atoms with Crippen molar-refractivity contribution in [3.05, 3.63) is 11.9 Å². The molecule has 1 aromatic rings. The monoisotopic (exact) mass is 328 g/mol. The molecule has 0 aliphatic carbocycles. The number of aromatic nitrogens is 3. The molecule has 2 rings (SSSR count). The van der Waals surface area contributed by atoms with Crippen molar-refractivity contribution in [3.63, 3.8) is 0 Å². The van der Waals surface area contributed by atoms with Crippen LogP contribution >= 0.6 is 0 Å². The maximum Gasteiger partial charge on any atom is 0.217 e. The van der Waals surface area contributed by atoms with Crippen molar-refractivity contribution in [2.45, 2.75) is 63.7 Å². The highest BCUT2D eigenvalue weighted by Gasteiger charge is 2.46. The quantitative estimate of drug-likeness (QED) is 0.542. The van der Waals surface area contributed by atoms with Gasteiger partial charge in [0.1, 0.15) is 24.4 Å². The van der Waals surface area contributed by atoms with Gasteiger partial charge in [-0.25, -0.2) is 4.68 Å². The number of amides is 1. The van der Waals surface area contributed by atoms with Gasteiger partial charge in [-0.2, -0.15) is 0 Å².